The zero-order valence-electron chi connectivity index (χ0n) is 7.64. The van der Waals surface area contributed by atoms with E-state index < -0.39 is 5.91 Å². The Hall–Kier alpha value is -1.69. The Morgan fingerprint density at radius 2 is 2.40 bits per heavy atom. The van der Waals surface area contributed by atoms with E-state index in [9.17, 15) is 9.90 Å². The molecule has 0 bridgehead atoms. The van der Waals surface area contributed by atoms with Crippen LogP contribution in [0.5, 0.6) is 5.75 Å². The van der Waals surface area contributed by atoms with Crippen molar-refractivity contribution < 1.29 is 14.3 Å². The van der Waals surface area contributed by atoms with Crippen LogP contribution in [0, 0.1) is 0 Å². The number of hydrogen-bond acceptors (Lipinski definition) is 5. The smallest absolute Gasteiger partial charge is 0.257 e. The molecule has 1 heterocycles. The lowest BCUT2D eigenvalue weighted by atomic mass is 10.3. The van der Waals surface area contributed by atoms with Crippen LogP contribution in [0.4, 0.5) is 0 Å². The molecule has 15 heavy (non-hydrogen) atoms. The molecule has 0 radical (unpaired) electrons. The predicted octanol–water partition coefficient (Wildman–Crippen LogP) is 1.11. The summed E-state index contributed by atoms with van der Waals surface area (Å²) < 4.78 is 5.28. The molecular formula is C9H8N2O3S. The fourth-order valence-electron chi connectivity index (χ4n) is 1.09. The molecule has 0 fully saturated rings. The van der Waals surface area contributed by atoms with Gasteiger partial charge in [0.05, 0.1) is 5.75 Å². The summed E-state index contributed by atoms with van der Waals surface area (Å²) in [6.45, 7) is 0. The number of oxazole rings is 1. The molecule has 0 aliphatic heterocycles. The molecule has 6 heteroatoms. The number of benzene rings is 1. The number of nitrogens with zero attached hydrogens (tertiary/aromatic N) is 1. The van der Waals surface area contributed by atoms with Crippen LogP contribution in [-0.2, 0) is 4.79 Å². The number of amides is 1. The van der Waals surface area contributed by atoms with Gasteiger partial charge in [-0.05, 0) is 12.1 Å². The van der Waals surface area contributed by atoms with E-state index in [0.717, 1.165) is 11.8 Å². The number of phenols is 1. The van der Waals surface area contributed by atoms with Crippen LogP contribution >= 0.6 is 11.8 Å². The van der Waals surface area contributed by atoms with Gasteiger partial charge in [-0.25, -0.2) is 4.98 Å². The van der Waals surface area contributed by atoms with Gasteiger partial charge in [0.25, 0.3) is 5.22 Å². The van der Waals surface area contributed by atoms with Crippen molar-refractivity contribution in [2.45, 2.75) is 5.22 Å². The van der Waals surface area contributed by atoms with Crippen LogP contribution in [0.25, 0.3) is 11.1 Å². The van der Waals surface area contributed by atoms with E-state index in [2.05, 4.69) is 4.98 Å². The minimum Gasteiger partial charge on any atom is -0.508 e. The minimum atomic E-state index is -0.426. The van der Waals surface area contributed by atoms with Gasteiger partial charge in [0, 0.05) is 6.07 Å². The maximum Gasteiger partial charge on any atom is 0.257 e. The van der Waals surface area contributed by atoms with E-state index in [1.807, 2.05) is 0 Å². The van der Waals surface area contributed by atoms with Gasteiger partial charge in [-0.3, -0.25) is 4.79 Å². The second kappa shape index (κ2) is 3.82. The van der Waals surface area contributed by atoms with Crippen molar-refractivity contribution in [3.05, 3.63) is 18.2 Å². The summed E-state index contributed by atoms with van der Waals surface area (Å²) >= 11 is 1.13. The number of rotatable bonds is 3. The molecule has 0 aliphatic carbocycles. The SMILES string of the molecule is NC(=O)CSc1nc2ccc(O)cc2o1. The summed E-state index contributed by atoms with van der Waals surface area (Å²) in [5.41, 5.74) is 6.12. The Morgan fingerprint density at radius 1 is 1.60 bits per heavy atom. The second-order valence-electron chi connectivity index (χ2n) is 2.89. The molecule has 1 amide bonds. The van der Waals surface area contributed by atoms with Crippen molar-refractivity contribution in [1.29, 1.82) is 0 Å². The minimum absolute atomic E-state index is 0.116. The van der Waals surface area contributed by atoms with Gasteiger partial charge in [-0.2, -0.15) is 0 Å². The van der Waals surface area contributed by atoms with Crippen molar-refractivity contribution >= 4 is 28.8 Å². The lowest BCUT2D eigenvalue weighted by Crippen LogP contribution is -2.12. The van der Waals surface area contributed by atoms with E-state index in [0.29, 0.717) is 16.3 Å². The highest BCUT2D eigenvalue weighted by molar-refractivity contribution is 7.99. The third-order valence-corrected chi connectivity index (χ3v) is 2.54. The molecule has 0 saturated heterocycles. The molecule has 78 valence electrons. The Labute approximate surface area is 89.3 Å². The van der Waals surface area contributed by atoms with Crippen molar-refractivity contribution in [3.63, 3.8) is 0 Å². The molecule has 0 saturated carbocycles. The van der Waals surface area contributed by atoms with Gasteiger partial charge >= 0.3 is 0 Å². The Balaban J connectivity index is 2.27. The van der Waals surface area contributed by atoms with Gasteiger partial charge < -0.3 is 15.3 Å². The van der Waals surface area contributed by atoms with Crippen LogP contribution in [-0.4, -0.2) is 21.8 Å². The number of thioether (sulfide) groups is 1. The number of nitrogens with two attached hydrogens (primary N) is 1. The van der Waals surface area contributed by atoms with E-state index in [1.54, 1.807) is 6.07 Å². The highest BCUT2D eigenvalue weighted by atomic mass is 32.2. The zero-order chi connectivity index (χ0) is 10.8. The monoisotopic (exact) mass is 224 g/mol. The molecule has 1 aromatic carbocycles. The number of hydrogen-bond donors (Lipinski definition) is 2. The van der Waals surface area contributed by atoms with Crippen LogP contribution in [0.1, 0.15) is 0 Å². The summed E-state index contributed by atoms with van der Waals surface area (Å²) in [4.78, 5) is 14.6. The van der Waals surface area contributed by atoms with Gasteiger partial charge in [0.15, 0.2) is 5.58 Å². The maximum atomic E-state index is 10.5. The number of primary amides is 1. The molecule has 5 nitrogen and oxygen atoms in total. The Bertz CT molecular complexity index is 509. The van der Waals surface area contributed by atoms with Crippen molar-refractivity contribution in [3.8, 4) is 5.75 Å². The molecule has 0 unspecified atom stereocenters. The number of carbonyl (C=O) groups excluding carboxylic acids is 1. The van der Waals surface area contributed by atoms with Crippen LogP contribution in [0.3, 0.4) is 0 Å². The van der Waals surface area contributed by atoms with E-state index >= 15 is 0 Å². The van der Waals surface area contributed by atoms with Gasteiger partial charge in [0.1, 0.15) is 11.3 Å². The van der Waals surface area contributed by atoms with Crippen LogP contribution < -0.4 is 5.73 Å². The predicted molar refractivity (Wildman–Crippen MR) is 55.6 cm³/mol. The largest absolute Gasteiger partial charge is 0.508 e. The lowest BCUT2D eigenvalue weighted by molar-refractivity contribution is -0.115. The molecule has 0 spiro atoms. The van der Waals surface area contributed by atoms with Gasteiger partial charge in [-0.15, -0.1) is 0 Å². The van der Waals surface area contributed by atoms with Crippen molar-refractivity contribution in [2.75, 3.05) is 5.75 Å². The van der Waals surface area contributed by atoms with Gasteiger partial charge in [-0.1, -0.05) is 11.8 Å². The first-order valence-corrected chi connectivity index (χ1v) is 5.14. The number of aromatic hydroxyl groups is 1. The lowest BCUT2D eigenvalue weighted by Gasteiger charge is -1.89. The van der Waals surface area contributed by atoms with E-state index in [-0.39, 0.29) is 11.5 Å². The first-order valence-electron chi connectivity index (χ1n) is 4.16. The third-order valence-electron chi connectivity index (χ3n) is 1.69. The number of phenolic OH excluding ortho intramolecular Hbond substituents is 1. The Kier molecular flexibility index (Phi) is 2.51. The second-order valence-corrected chi connectivity index (χ2v) is 3.81. The highest BCUT2D eigenvalue weighted by Gasteiger charge is 2.07. The molecular weight excluding hydrogens is 216 g/mol. The van der Waals surface area contributed by atoms with Crippen LogP contribution in [0.15, 0.2) is 27.8 Å². The molecule has 0 aliphatic rings. The summed E-state index contributed by atoms with van der Waals surface area (Å²) in [6.07, 6.45) is 0. The standard InChI is InChI=1S/C9H8N2O3S/c10-8(13)4-15-9-11-6-2-1-5(12)3-7(6)14-9/h1-3,12H,4H2,(H2,10,13). The average Bonchev–Trinajstić information content (AvgIpc) is 2.56. The summed E-state index contributed by atoms with van der Waals surface area (Å²) in [6, 6.07) is 4.63. The fourth-order valence-corrected chi connectivity index (χ4v) is 1.66. The summed E-state index contributed by atoms with van der Waals surface area (Å²) in [7, 11) is 0. The Morgan fingerprint density at radius 3 is 3.13 bits per heavy atom. The topological polar surface area (TPSA) is 89.4 Å². The first kappa shape index (κ1) is 9.85. The normalized spacial score (nSPS) is 10.7. The average molecular weight is 224 g/mol. The molecule has 2 rings (SSSR count). The highest BCUT2D eigenvalue weighted by Crippen LogP contribution is 2.25. The van der Waals surface area contributed by atoms with E-state index in [1.165, 1.54) is 12.1 Å². The summed E-state index contributed by atoms with van der Waals surface area (Å²) in [5, 5.41) is 9.56. The summed E-state index contributed by atoms with van der Waals surface area (Å²) in [5.74, 6) is -0.186. The fraction of sp³-hybridized carbons (Fsp3) is 0.111. The number of fused-ring (bicyclic) bond motifs is 1. The number of aromatic nitrogens is 1. The first-order chi connectivity index (χ1) is 7.15. The van der Waals surface area contributed by atoms with E-state index in [4.69, 9.17) is 10.2 Å². The van der Waals surface area contributed by atoms with Crippen molar-refractivity contribution in [2.24, 2.45) is 5.73 Å². The zero-order valence-corrected chi connectivity index (χ0v) is 8.45. The van der Waals surface area contributed by atoms with Gasteiger partial charge in [0.2, 0.25) is 5.91 Å². The van der Waals surface area contributed by atoms with Crippen LogP contribution in [0.2, 0.25) is 0 Å². The van der Waals surface area contributed by atoms with Crippen molar-refractivity contribution in [1.82, 2.24) is 4.98 Å². The third kappa shape index (κ3) is 2.21. The quantitative estimate of drug-likeness (QED) is 0.762. The molecule has 2 aromatic rings. The molecule has 0 atom stereocenters. The molecule has 1 aromatic heterocycles. The molecule has 3 N–H and O–H groups in total. The number of carbonyl (C=O) groups is 1. The maximum absolute atomic E-state index is 10.5.